The molecule has 0 N–H and O–H groups in total. The molecule has 28 heavy (non-hydrogen) atoms. The molecule has 4 rings (SSSR count). The minimum absolute atomic E-state index is 0.123. The van der Waals surface area contributed by atoms with Crippen LogP contribution in [-0.2, 0) is 11.2 Å². The van der Waals surface area contributed by atoms with E-state index in [9.17, 15) is 4.79 Å². The molecule has 1 amide bonds. The van der Waals surface area contributed by atoms with Gasteiger partial charge in [0.05, 0.1) is 30.6 Å². The second-order valence-electron chi connectivity index (χ2n) is 6.58. The number of nitrogens with zero attached hydrogens (tertiary/aromatic N) is 4. The lowest BCUT2D eigenvalue weighted by Crippen LogP contribution is -2.49. The van der Waals surface area contributed by atoms with Crippen molar-refractivity contribution in [1.29, 1.82) is 0 Å². The van der Waals surface area contributed by atoms with E-state index < -0.39 is 0 Å². The van der Waals surface area contributed by atoms with E-state index in [0.717, 1.165) is 40.9 Å². The van der Waals surface area contributed by atoms with Crippen LogP contribution < -0.4 is 9.64 Å². The van der Waals surface area contributed by atoms with Gasteiger partial charge in [0.25, 0.3) is 0 Å². The van der Waals surface area contributed by atoms with Crippen LogP contribution >= 0.6 is 11.3 Å². The van der Waals surface area contributed by atoms with Crippen molar-refractivity contribution in [1.82, 2.24) is 14.9 Å². The molecule has 0 bridgehead atoms. The van der Waals surface area contributed by atoms with E-state index in [-0.39, 0.29) is 5.91 Å². The van der Waals surface area contributed by atoms with Gasteiger partial charge in [-0.15, -0.1) is 11.3 Å². The van der Waals surface area contributed by atoms with Crippen molar-refractivity contribution in [2.45, 2.75) is 6.42 Å². The first-order valence-electron chi connectivity index (χ1n) is 9.26. The number of thiazole rings is 1. The molecule has 2 aromatic heterocycles. The molecule has 7 heteroatoms. The summed E-state index contributed by atoms with van der Waals surface area (Å²) in [6.07, 6.45) is 2.08. The molecule has 1 aliphatic heterocycles. The predicted octanol–water partition coefficient (Wildman–Crippen LogP) is 3.11. The molecule has 1 aromatic carbocycles. The highest BCUT2D eigenvalue weighted by Crippen LogP contribution is 2.28. The molecular weight excluding hydrogens is 372 g/mol. The number of hydrogen-bond donors (Lipinski definition) is 0. The van der Waals surface area contributed by atoms with E-state index in [2.05, 4.69) is 20.9 Å². The summed E-state index contributed by atoms with van der Waals surface area (Å²) in [6, 6.07) is 13.8. The van der Waals surface area contributed by atoms with Gasteiger partial charge in [-0.1, -0.05) is 18.2 Å². The minimum Gasteiger partial charge on any atom is -0.495 e. The smallest absolute Gasteiger partial charge is 0.228 e. The lowest BCUT2D eigenvalue weighted by Gasteiger charge is -2.36. The van der Waals surface area contributed by atoms with Gasteiger partial charge in [-0.25, -0.2) is 4.98 Å². The van der Waals surface area contributed by atoms with Gasteiger partial charge in [-0.05, 0) is 24.3 Å². The Kier molecular flexibility index (Phi) is 5.53. The first-order chi connectivity index (χ1) is 13.7. The molecule has 0 radical (unpaired) electrons. The van der Waals surface area contributed by atoms with Crippen LogP contribution in [0.4, 0.5) is 5.69 Å². The molecule has 0 saturated carbocycles. The summed E-state index contributed by atoms with van der Waals surface area (Å²) in [5, 5.41) is 2.80. The maximum Gasteiger partial charge on any atom is 0.228 e. The van der Waals surface area contributed by atoms with Crippen LogP contribution in [0.15, 0.2) is 54.0 Å². The summed E-state index contributed by atoms with van der Waals surface area (Å²) in [6.45, 7) is 2.99. The monoisotopic (exact) mass is 394 g/mol. The Morgan fingerprint density at radius 3 is 2.64 bits per heavy atom. The average molecular weight is 395 g/mol. The van der Waals surface area contributed by atoms with Crippen molar-refractivity contribution in [2.24, 2.45) is 0 Å². The van der Waals surface area contributed by atoms with Gasteiger partial charge >= 0.3 is 0 Å². The lowest BCUT2D eigenvalue weighted by atomic mass is 10.2. The third-order valence-electron chi connectivity index (χ3n) is 4.83. The van der Waals surface area contributed by atoms with Crippen LogP contribution in [0.5, 0.6) is 5.75 Å². The molecule has 6 nitrogen and oxygen atoms in total. The maximum atomic E-state index is 12.7. The fraction of sp³-hybridized carbons (Fsp3) is 0.286. The number of pyridine rings is 1. The largest absolute Gasteiger partial charge is 0.495 e. The number of carbonyl (C=O) groups is 1. The fourth-order valence-corrected chi connectivity index (χ4v) is 4.14. The second-order valence-corrected chi connectivity index (χ2v) is 7.43. The first-order valence-corrected chi connectivity index (χ1v) is 10.1. The number of rotatable bonds is 5. The topological polar surface area (TPSA) is 58.6 Å². The molecular formula is C21H22N4O2S. The quantitative estimate of drug-likeness (QED) is 0.666. The van der Waals surface area contributed by atoms with Gasteiger partial charge in [0.1, 0.15) is 10.8 Å². The summed E-state index contributed by atoms with van der Waals surface area (Å²) < 4.78 is 5.46. The van der Waals surface area contributed by atoms with Gasteiger partial charge in [-0.2, -0.15) is 0 Å². The van der Waals surface area contributed by atoms with Crippen LogP contribution in [0.3, 0.4) is 0 Å². The summed E-state index contributed by atoms with van der Waals surface area (Å²) in [5.41, 5.74) is 2.73. The number of piperazine rings is 1. The summed E-state index contributed by atoms with van der Waals surface area (Å²) in [7, 11) is 1.69. The molecule has 0 spiro atoms. The molecule has 3 heterocycles. The highest BCUT2D eigenvalue weighted by atomic mass is 32.1. The molecule has 1 aliphatic rings. The number of para-hydroxylation sites is 2. The van der Waals surface area contributed by atoms with E-state index in [1.54, 1.807) is 13.3 Å². The molecule has 1 saturated heterocycles. The zero-order valence-corrected chi connectivity index (χ0v) is 16.6. The number of amides is 1. The predicted molar refractivity (Wildman–Crippen MR) is 111 cm³/mol. The Bertz CT molecular complexity index is 936. The molecule has 0 atom stereocenters. The van der Waals surface area contributed by atoms with Crippen molar-refractivity contribution in [2.75, 3.05) is 38.2 Å². The number of aromatic nitrogens is 2. The third-order valence-corrected chi connectivity index (χ3v) is 5.74. The first kappa shape index (κ1) is 18.4. The highest BCUT2D eigenvalue weighted by molar-refractivity contribution is 7.13. The van der Waals surface area contributed by atoms with E-state index >= 15 is 0 Å². The Hall–Kier alpha value is -2.93. The molecule has 0 aliphatic carbocycles. The Balaban J connectivity index is 1.35. The normalized spacial score (nSPS) is 14.2. The molecule has 0 unspecified atom stereocenters. The van der Waals surface area contributed by atoms with Crippen molar-refractivity contribution in [3.8, 4) is 16.5 Å². The SMILES string of the molecule is COc1ccccc1N1CCN(C(=O)Cc2csc(-c3ccccn3)n2)CC1. The van der Waals surface area contributed by atoms with Gasteiger partial charge in [-0.3, -0.25) is 9.78 Å². The standard InChI is InChI=1S/C21H22N4O2S/c1-27-19-8-3-2-7-18(19)24-10-12-25(13-11-24)20(26)14-16-15-28-21(23-16)17-6-4-5-9-22-17/h2-9,15H,10-14H2,1H3. The van der Waals surface area contributed by atoms with E-state index in [4.69, 9.17) is 4.74 Å². The zero-order chi connectivity index (χ0) is 19.3. The van der Waals surface area contributed by atoms with E-state index in [1.165, 1.54) is 11.3 Å². The Morgan fingerprint density at radius 2 is 1.89 bits per heavy atom. The van der Waals surface area contributed by atoms with Gasteiger partial charge in [0.2, 0.25) is 5.91 Å². The zero-order valence-electron chi connectivity index (χ0n) is 15.7. The van der Waals surface area contributed by atoms with Crippen LogP contribution in [0.2, 0.25) is 0 Å². The Morgan fingerprint density at radius 1 is 1.11 bits per heavy atom. The van der Waals surface area contributed by atoms with E-state index in [0.29, 0.717) is 19.5 Å². The van der Waals surface area contributed by atoms with Crippen molar-refractivity contribution < 1.29 is 9.53 Å². The van der Waals surface area contributed by atoms with Gasteiger partial charge in [0, 0.05) is 37.8 Å². The number of carbonyl (C=O) groups excluding carboxylic acids is 1. The van der Waals surface area contributed by atoms with Crippen LogP contribution in [0, 0.1) is 0 Å². The lowest BCUT2D eigenvalue weighted by molar-refractivity contribution is -0.130. The maximum absolute atomic E-state index is 12.7. The minimum atomic E-state index is 0.123. The fourth-order valence-electron chi connectivity index (χ4n) is 3.35. The van der Waals surface area contributed by atoms with E-state index in [1.807, 2.05) is 46.7 Å². The van der Waals surface area contributed by atoms with Crippen LogP contribution in [0.25, 0.3) is 10.7 Å². The molecule has 1 fully saturated rings. The number of benzene rings is 1. The van der Waals surface area contributed by atoms with Gasteiger partial charge in [0.15, 0.2) is 0 Å². The molecule has 3 aromatic rings. The number of hydrogen-bond acceptors (Lipinski definition) is 6. The Labute approximate surface area is 168 Å². The molecule has 144 valence electrons. The van der Waals surface area contributed by atoms with Crippen molar-refractivity contribution in [3.05, 3.63) is 59.7 Å². The number of methoxy groups -OCH3 is 1. The third kappa shape index (κ3) is 3.99. The van der Waals surface area contributed by atoms with Crippen molar-refractivity contribution in [3.63, 3.8) is 0 Å². The summed E-state index contributed by atoms with van der Waals surface area (Å²) in [5.74, 6) is 0.990. The highest BCUT2D eigenvalue weighted by Gasteiger charge is 2.23. The number of ether oxygens (including phenoxy) is 1. The summed E-state index contributed by atoms with van der Waals surface area (Å²) >= 11 is 1.53. The van der Waals surface area contributed by atoms with Gasteiger partial charge < -0.3 is 14.5 Å². The van der Waals surface area contributed by atoms with Crippen LogP contribution in [-0.4, -0.2) is 54.1 Å². The second kappa shape index (κ2) is 8.39. The van der Waals surface area contributed by atoms with Crippen molar-refractivity contribution >= 4 is 22.9 Å². The average Bonchev–Trinajstić information content (AvgIpc) is 3.23. The summed E-state index contributed by atoms with van der Waals surface area (Å²) in [4.78, 5) is 25.8. The number of anilines is 1. The van der Waals surface area contributed by atoms with Crippen LogP contribution in [0.1, 0.15) is 5.69 Å².